The molecule has 0 spiro atoms. The summed E-state index contributed by atoms with van der Waals surface area (Å²) in [5.41, 5.74) is -2.18. The molecule has 3 aromatic carbocycles. The van der Waals surface area contributed by atoms with Crippen LogP contribution in [0.5, 0.6) is 17.2 Å². The summed E-state index contributed by atoms with van der Waals surface area (Å²) >= 11 is 0. The maximum atomic E-state index is 13.4. The summed E-state index contributed by atoms with van der Waals surface area (Å²) in [6.45, 7) is -2.96. The largest absolute Gasteiger partial charge is 0.491 e. The molecule has 0 aliphatic carbocycles. The predicted octanol–water partition coefficient (Wildman–Crippen LogP) is -0.0711. The molecule has 48 heavy (non-hydrogen) atoms. The molecule has 0 saturated heterocycles. The molecule has 1 aromatic heterocycles. The molecular weight excluding hydrogens is 630 g/mol. The molecule has 3 unspecified atom stereocenters. The molecular formula is C33H33N3O12. The molecule has 0 bridgehead atoms. The van der Waals surface area contributed by atoms with E-state index in [1.54, 1.807) is 0 Å². The average Bonchev–Trinajstić information content (AvgIpc) is 3.11. The van der Waals surface area contributed by atoms with Gasteiger partial charge in [0.1, 0.15) is 74.2 Å². The van der Waals surface area contributed by atoms with Gasteiger partial charge in [0.05, 0.1) is 19.6 Å². The number of hydrogen-bond donors (Lipinski definition) is 3. The van der Waals surface area contributed by atoms with Gasteiger partial charge in [0.25, 0.3) is 0 Å². The number of hydrogen-bond acceptors (Lipinski definition) is 12. The minimum atomic E-state index is -1.43. The number of carbonyl (C=O) groups is 3. The van der Waals surface area contributed by atoms with Gasteiger partial charge in [0.2, 0.25) is 0 Å². The summed E-state index contributed by atoms with van der Waals surface area (Å²) in [5, 5.41) is 32.0. The minimum absolute atomic E-state index is 0.308. The van der Waals surface area contributed by atoms with Crippen molar-refractivity contribution in [2.45, 2.75) is 37.9 Å². The quantitative estimate of drug-likeness (QED) is 0.120. The Morgan fingerprint density at radius 3 is 0.896 bits per heavy atom. The minimum Gasteiger partial charge on any atom is -0.491 e. The van der Waals surface area contributed by atoms with E-state index in [9.17, 15) is 44.1 Å². The van der Waals surface area contributed by atoms with Crippen LogP contribution in [-0.2, 0) is 19.6 Å². The number of aromatic nitrogens is 3. The molecule has 0 aliphatic rings. The van der Waals surface area contributed by atoms with Crippen molar-refractivity contribution in [2.24, 2.45) is 0 Å². The molecule has 0 amide bonds. The fourth-order valence-corrected chi connectivity index (χ4v) is 4.45. The molecule has 252 valence electrons. The van der Waals surface area contributed by atoms with Gasteiger partial charge in [-0.25, -0.2) is 28.1 Å². The van der Waals surface area contributed by atoms with Crippen LogP contribution >= 0.6 is 0 Å². The predicted molar refractivity (Wildman–Crippen MR) is 169 cm³/mol. The zero-order chi connectivity index (χ0) is 34.6. The topological polar surface area (TPSA) is 206 Å². The van der Waals surface area contributed by atoms with Crippen molar-refractivity contribution < 1.29 is 43.9 Å². The van der Waals surface area contributed by atoms with E-state index < -0.39 is 55.0 Å². The highest BCUT2D eigenvalue weighted by Crippen LogP contribution is 2.13. The third kappa shape index (κ3) is 9.45. The third-order valence-corrected chi connectivity index (χ3v) is 6.94. The van der Waals surface area contributed by atoms with Gasteiger partial charge in [-0.1, -0.05) is 0 Å². The lowest BCUT2D eigenvalue weighted by Gasteiger charge is -2.20. The highest BCUT2D eigenvalue weighted by molar-refractivity contribution is 5.75. The molecule has 0 fully saturated rings. The molecule has 0 aliphatic heterocycles. The van der Waals surface area contributed by atoms with Crippen molar-refractivity contribution in [3.8, 4) is 17.2 Å². The summed E-state index contributed by atoms with van der Waals surface area (Å²) in [7, 11) is 0. The SMILES string of the molecule is O=Cc1ccc(OCC(O)Cn2c(=O)n(CC(O)COc3ccc(C=O)cc3)c(=O)n(CC(O)COc3ccc(C=O)cc3)c2=O)cc1. The zero-order valence-corrected chi connectivity index (χ0v) is 25.5. The summed E-state index contributed by atoms with van der Waals surface area (Å²) in [6, 6.07) is 18.0. The molecule has 3 atom stereocenters. The van der Waals surface area contributed by atoms with Gasteiger partial charge in [0, 0.05) is 16.7 Å². The Balaban J connectivity index is 1.54. The number of carbonyl (C=O) groups excluding carboxylic acids is 3. The number of aldehydes is 3. The van der Waals surface area contributed by atoms with Gasteiger partial charge < -0.3 is 29.5 Å². The van der Waals surface area contributed by atoms with Crippen molar-refractivity contribution in [1.29, 1.82) is 0 Å². The Kier molecular flexibility index (Phi) is 12.3. The van der Waals surface area contributed by atoms with Gasteiger partial charge in [-0.2, -0.15) is 0 Å². The van der Waals surface area contributed by atoms with E-state index in [0.29, 0.717) is 66.5 Å². The zero-order valence-electron chi connectivity index (χ0n) is 25.5. The van der Waals surface area contributed by atoms with E-state index in [2.05, 4.69) is 0 Å². The number of ether oxygens (including phenoxy) is 3. The number of aliphatic hydroxyl groups excluding tert-OH is 3. The van der Waals surface area contributed by atoms with Crippen molar-refractivity contribution in [2.75, 3.05) is 19.8 Å². The first kappa shape index (κ1) is 35.2. The standard InChI is InChI=1S/C33H33N3O12/c37-16-22-1-7-28(8-2-22)46-19-25(40)13-34-31(43)35(14-26(41)20-47-29-9-3-23(17-38)4-10-29)33(45)36(32(34)44)15-27(42)21-48-30-11-5-24(18-39)6-12-30/h1-12,16-18,25-27,40-42H,13-15,19-21H2. The van der Waals surface area contributed by atoms with Crippen LogP contribution in [0, 0.1) is 0 Å². The van der Waals surface area contributed by atoms with Gasteiger partial charge >= 0.3 is 17.1 Å². The number of benzene rings is 3. The molecule has 0 radical (unpaired) electrons. The maximum Gasteiger partial charge on any atom is 0.336 e. The Morgan fingerprint density at radius 2 is 0.688 bits per heavy atom. The average molecular weight is 664 g/mol. The van der Waals surface area contributed by atoms with Gasteiger partial charge in [-0.15, -0.1) is 0 Å². The Labute approximate surface area is 272 Å². The highest BCUT2D eigenvalue weighted by Gasteiger charge is 2.22. The smallest absolute Gasteiger partial charge is 0.336 e. The van der Waals surface area contributed by atoms with Crippen molar-refractivity contribution in [1.82, 2.24) is 13.7 Å². The first-order valence-electron chi connectivity index (χ1n) is 14.6. The molecule has 15 heteroatoms. The monoisotopic (exact) mass is 663 g/mol. The van der Waals surface area contributed by atoms with Crippen LogP contribution in [0.1, 0.15) is 31.1 Å². The maximum absolute atomic E-state index is 13.4. The first-order valence-corrected chi connectivity index (χ1v) is 14.6. The second kappa shape index (κ2) is 16.8. The number of aliphatic hydroxyl groups is 3. The van der Waals surface area contributed by atoms with E-state index in [1.807, 2.05) is 0 Å². The van der Waals surface area contributed by atoms with Crippen LogP contribution in [0.25, 0.3) is 0 Å². The van der Waals surface area contributed by atoms with E-state index >= 15 is 0 Å². The highest BCUT2D eigenvalue weighted by atomic mass is 16.5. The normalized spacial score (nSPS) is 12.8. The van der Waals surface area contributed by atoms with Crippen LogP contribution in [0.3, 0.4) is 0 Å². The van der Waals surface area contributed by atoms with E-state index in [4.69, 9.17) is 14.2 Å². The summed E-state index contributed by atoms with van der Waals surface area (Å²) in [5.74, 6) is 0.923. The lowest BCUT2D eigenvalue weighted by Crippen LogP contribution is -2.57. The first-order chi connectivity index (χ1) is 23.1. The molecule has 0 saturated carbocycles. The molecule has 1 heterocycles. The summed E-state index contributed by atoms with van der Waals surface area (Å²) < 4.78 is 18.3. The second-order valence-corrected chi connectivity index (χ2v) is 10.6. The molecule has 3 N–H and O–H groups in total. The van der Waals surface area contributed by atoms with Crippen molar-refractivity contribution >= 4 is 18.9 Å². The van der Waals surface area contributed by atoms with Crippen LogP contribution in [0.2, 0.25) is 0 Å². The fourth-order valence-electron chi connectivity index (χ4n) is 4.45. The second-order valence-electron chi connectivity index (χ2n) is 10.6. The Bertz CT molecular complexity index is 1620. The summed E-state index contributed by atoms with van der Waals surface area (Å²) in [4.78, 5) is 72.8. The Hall–Kier alpha value is -5.64. The lowest BCUT2D eigenvalue weighted by molar-refractivity contribution is 0.0748. The molecule has 4 aromatic rings. The Morgan fingerprint density at radius 1 is 0.458 bits per heavy atom. The van der Waals surface area contributed by atoms with E-state index in [-0.39, 0.29) is 19.8 Å². The number of nitrogens with zero attached hydrogens (tertiary/aromatic N) is 3. The van der Waals surface area contributed by atoms with E-state index in [1.165, 1.54) is 72.8 Å². The number of rotatable bonds is 18. The van der Waals surface area contributed by atoms with Crippen LogP contribution in [-0.4, -0.2) is 86.0 Å². The van der Waals surface area contributed by atoms with Gasteiger partial charge in [-0.3, -0.25) is 14.4 Å². The molecule has 15 nitrogen and oxygen atoms in total. The summed E-state index contributed by atoms with van der Waals surface area (Å²) in [6.07, 6.45) is -2.33. The molecule has 4 rings (SSSR count). The lowest BCUT2D eigenvalue weighted by atomic mass is 10.2. The van der Waals surface area contributed by atoms with Gasteiger partial charge in [-0.05, 0) is 72.8 Å². The fraction of sp³-hybridized carbons (Fsp3) is 0.273. The van der Waals surface area contributed by atoms with Crippen molar-refractivity contribution in [3.63, 3.8) is 0 Å². The van der Waals surface area contributed by atoms with Gasteiger partial charge in [0.15, 0.2) is 0 Å². The third-order valence-electron chi connectivity index (χ3n) is 6.94. The van der Waals surface area contributed by atoms with Crippen LogP contribution < -0.4 is 31.3 Å². The van der Waals surface area contributed by atoms with Crippen LogP contribution in [0.15, 0.2) is 87.2 Å². The van der Waals surface area contributed by atoms with Crippen LogP contribution in [0.4, 0.5) is 0 Å². The van der Waals surface area contributed by atoms with Crippen molar-refractivity contribution in [3.05, 3.63) is 121 Å². The van der Waals surface area contributed by atoms with E-state index in [0.717, 1.165) is 0 Å².